The van der Waals surface area contributed by atoms with Crippen molar-refractivity contribution in [3.05, 3.63) is 163 Å². The van der Waals surface area contributed by atoms with Crippen molar-refractivity contribution in [2.75, 3.05) is 0 Å². The number of fused-ring (bicyclic) bond motifs is 3. The topological polar surface area (TPSA) is 25.8 Å². The zero-order valence-electron chi connectivity index (χ0n) is 37.3. The average molecular weight is 947 g/mol. The van der Waals surface area contributed by atoms with Gasteiger partial charge in [-0.3, -0.25) is 0 Å². The molecule has 0 atom stereocenters. The summed E-state index contributed by atoms with van der Waals surface area (Å²) in [6.45, 7) is 15.2. The van der Waals surface area contributed by atoms with Gasteiger partial charge in [0.15, 0.2) is 0 Å². The molecule has 8 aromatic rings. The molecular weight excluding hydrogens is 893 g/mol. The van der Waals surface area contributed by atoms with Gasteiger partial charge in [0.25, 0.3) is 0 Å². The molecule has 0 aliphatic rings. The Hall–Kier alpha value is -4.51. The van der Waals surface area contributed by atoms with Crippen molar-refractivity contribution in [2.45, 2.75) is 72.4 Å². The standard InChI is InChI=1S/C30H28NS.C21H22NSi.Ir/c1-19(2)21-15-16-31-27(17-21)26-8-6-7-25-24-14-11-22(18-28(24)32-29(25)26)20-9-12-23(13-10-20)30(3,4)5;1-16-10-11-18(14-20(16)17-8-6-5-7-9-17)21-13-12-19(15-22-21)23(2,3)4;/h6-7,9-19H,1-5H3;5-10,12-15H,1-4H3;/q2*-1;/i19D;1D3;. The number of pyridine rings is 2. The van der Waals surface area contributed by atoms with Crippen molar-refractivity contribution in [3.63, 3.8) is 0 Å². The molecule has 8 rings (SSSR count). The average Bonchev–Trinajstić information content (AvgIpc) is 3.58. The van der Waals surface area contributed by atoms with Crippen molar-refractivity contribution in [1.82, 2.24) is 9.97 Å². The second-order valence-corrected chi connectivity index (χ2v) is 22.5. The molecule has 3 aromatic heterocycles. The molecule has 0 saturated heterocycles. The Morgan fingerprint density at radius 3 is 2.16 bits per heavy atom. The first-order valence-corrected chi connectivity index (χ1v) is 23.1. The molecule has 5 aromatic carbocycles. The molecule has 0 aliphatic carbocycles. The van der Waals surface area contributed by atoms with E-state index < -0.39 is 20.8 Å². The van der Waals surface area contributed by atoms with Crippen LogP contribution in [0.25, 0.3) is 64.9 Å². The van der Waals surface area contributed by atoms with Crippen LogP contribution >= 0.6 is 11.3 Å². The van der Waals surface area contributed by atoms with Crippen molar-refractivity contribution in [1.29, 1.82) is 0 Å². The number of aryl methyl sites for hydroxylation is 1. The summed E-state index contributed by atoms with van der Waals surface area (Å²) in [5, 5.41) is 3.79. The maximum atomic E-state index is 8.40. The fourth-order valence-corrected chi connectivity index (χ4v) is 8.93. The molecule has 0 aliphatic heterocycles. The van der Waals surface area contributed by atoms with Crippen molar-refractivity contribution >= 4 is 44.8 Å². The molecule has 0 fully saturated rings. The summed E-state index contributed by atoms with van der Waals surface area (Å²) < 4.78 is 34.4. The third-order valence-electron chi connectivity index (χ3n) is 10.1. The van der Waals surface area contributed by atoms with Gasteiger partial charge in [-0.15, -0.1) is 53.1 Å². The van der Waals surface area contributed by atoms with Crippen LogP contribution in [0.3, 0.4) is 0 Å². The van der Waals surface area contributed by atoms with Gasteiger partial charge in [0.05, 0.1) is 8.07 Å². The molecule has 0 bridgehead atoms. The first-order chi connectivity index (χ1) is 27.8. The minimum Gasteiger partial charge on any atom is -0.305 e. The first-order valence-electron chi connectivity index (χ1n) is 20.8. The number of hydrogen-bond donors (Lipinski definition) is 0. The predicted octanol–water partition coefficient (Wildman–Crippen LogP) is 14.1. The summed E-state index contributed by atoms with van der Waals surface area (Å²) in [4.78, 5) is 9.23. The van der Waals surface area contributed by atoms with Crippen LogP contribution < -0.4 is 5.19 Å². The van der Waals surface area contributed by atoms with Gasteiger partial charge in [-0.05, 0) is 72.4 Å². The van der Waals surface area contributed by atoms with Gasteiger partial charge in [-0.2, -0.15) is 11.3 Å². The maximum Gasteiger partial charge on any atom is 0.0795 e. The number of aromatic nitrogens is 2. The molecule has 0 N–H and O–H groups in total. The van der Waals surface area contributed by atoms with Gasteiger partial charge in [-0.25, -0.2) is 0 Å². The Morgan fingerprint density at radius 1 is 0.750 bits per heavy atom. The third-order valence-corrected chi connectivity index (χ3v) is 13.3. The van der Waals surface area contributed by atoms with E-state index in [-0.39, 0.29) is 25.5 Å². The number of rotatable bonds is 6. The van der Waals surface area contributed by atoms with Crippen LogP contribution in [0.1, 0.15) is 62.7 Å². The van der Waals surface area contributed by atoms with Gasteiger partial charge < -0.3 is 9.97 Å². The minimum atomic E-state index is -2.19. The van der Waals surface area contributed by atoms with Crippen LogP contribution in [-0.4, -0.2) is 18.0 Å². The first kappa shape index (κ1) is 35.9. The van der Waals surface area contributed by atoms with Crippen LogP contribution in [0.2, 0.25) is 19.6 Å². The molecule has 0 saturated carbocycles. The smallest absolute Gasteiger partial charge is 0.0795 e. The fraction of sp³-hybridized carbons (Fsp3) is 0.216. The Morgan fingerprint density at radius 2 is 1.50 bits per heavy atom. The second kappa shape index (κ2) is 16.9. The summed E-state index contributed by atoms with van der Waals surface area (Å²) in [5.74, 6) is -0.664. The fourth-order valence-electron chi connectivity index (χ4n) is 6.65. The van der Waals surface area contributed by atoms with Crippen molar-refractivity contribution in [2.24, 2.45) is 0 Å². The molecule has 0 unspecified atom stereocenters. The molecule has 56 heavy (non-hydrogen) atoms. The van der Waals surface area contributed by atoms with Crippen molar-refractivity contribution in [3.8, 4) is 44.8 Å². The van der Waals surface area contributed by atoms with Gasteiger partial charge in [0.1, 0.15) is 0 Å². The summed E-state index contributed by atoms with van der Waals surface area (Å²) in [6.07, 6.45) is 3.75. The quantitative estimate of drug-likeness (QED) is 0.123. The zero-order chi connectivity index (χ0) is 42.3. The monoisotopic (exact) mass is 947 g/mol. The van der Waals surface area contributed by atoms with Crippen molar-refractivity contribution < 1.29 is 25.6 Å². The maximum absolute atomic E-state index is 8.40. The van der Waals surface area contributed by atoms with Crippen LogP contribution in [0.15, 0.2) is 134 Å². The summed E-state index contributed by atoms with van der Waals surface area (Å²) in [5.41, 5.74) is 10.3. The molecule has 5 heteroatoms. The normalized spacial score (nSPS) is 13.1. The van der Waals surface area contributed by atoms with E-state index in [1.807, 2.05) is 80.7 Å². The van der Waals surface area contributed by atoms with E-state index in [2.05, 4.69) is 117 Å². The summed E-state index contributed by atoms with van der Waals surface area (Å²) in [7, 11) is -1.40. The number of hydrogen-bond acceptors (Lipinski definition) is 3. The second-order valence-electron chi connectivity index (χ2n) is 16.4. The Balaban J connectivity index is 0.000000204. The zero-order valence-corrected chi connectivity index (χ0v) is 37.5. The molecule has 3 heterocycles. The van der Waals surface area contributed by atoms with E-state index >= 15 is 0 Å². The summed E-state index contributed by atoms with van der Waals surface area (Å²) >= 11 is 1.79. The summed E-state index contributed by atoms with van der Waals surface area (Å²) in [6, 6.07) is 47.5. The third kappa shape index (κ3) is 9.03. The van der Waals surface area contributed by atoms with E-state index in [0.717, 1.165) is 33.6 Å². The van der Waals surface area contributed by atoms with Gasteiger partial charge in [0, 0.05) is 42.7 Å². The van der Waals surface area contributed by atoms with E-state index in [1.54, 1.807) is 23.6 Å². The van der Waals surface area contributed by atoms with E-state index in [1.165, 1.54) is 42.0 Å². The molecule has 2 nitrogen and oxygen atoms in total. The van der Waals surface area contributed by atoms with Gasteiger partial charge in [0.2, 0.25) is 0 Å². The molecule has 0 spiro atoms. The SMILES string of the molecule is [2H]C(C)(C)c1ccnc(-c2[c-]ccc3c2sc2cc(-c4ccc(C(C)(C)C)cc4)ccc23)c1.[2H]C([2H])([2H])c1c[c-]c(-c2ccc([Si](C)(C)C)cn2)cc1-c1ccccc1.[Ir]. The van der Waals surface area contributed by atoms with Crippen LogP contribution in [-0.2, 0) is 25.5 Å². The van der Waals surface area contributed by atoms with E-state index in [0.29, 0.717) is 11.1 Å². The van der Waals surface area contributed by atoms with E-state index in [4.69, 9.17) is 5.48 Å². The van der Waals surface area contributed by atoms with E-state index in [9.17, 15) is 0 Å². The van der Waals surface area contributed by atoms with Crippen LogP contribution in [0, 0.1) is 19.0 Å². The molecule has 1 radical (unpaired) electrons. The van der Waals surface area contributed by atoms with Gasteiger partial charge >= 0.3 is 0 Å². The van der Waals surface area contributed by atoms with Crippen LogP contribution in [0.4, 0.5) is 0 Å². The Bertz CT molecular complexity index is 2740. The Labute approximate surface area is 358 Å². The molecular formula is C51H50IrN2SSi-2. The largest absolute Gasteiger partial charge is 0.305 e. The van der Waals surface area contributed by atoms with Crippen LogP contribution in [0.5, 0.6) is 0 Å². The number of thiophene rings is 1. The Kier molecular flexibility index (Phi) is 10.8. The molecule has 285 valence electrons. The molecule has 0 amide bonds. The number of benzene rings is 5. The predicted molar refractivity (Wildman–Crippen MR) is 241 cm³/mol. The minimum absolute atomic E-state index is 0. The van der Waals surface area contributed by atoms with Gasteiger partial charge in [-0.1, -0.05) is 163 Å². The number of nitrogens with zero attached hydrogens (tertiary/aromatic N) is 2.